The first-order valence-corrected chi connectivity index (χ1v) is 9.08. The highest BCUT2D eigenvalue weighted by Crippen LogP contribution is 2.08. The molecule has 134 valence electrons. The first-order valence-electron chi connectivity index (χ1n) is 7.67. The standard InChI is InChI=1S/C12H10N2O.C7H8O3S/c13-14-9-5-4-8-11(14)12(15)10-6-2-1-3-7-10;1-6-2-4-7(5-3-6)11(8,9)10/h1-9H,(H-,13,15);2-5H,1H3,(H,8,9,10). The molecule has 0 aliphatic rings. The zero-order valence-corrected chi connectivity index (χ0v) is 14.9. The smallest absolute Gasteiger partial charge is 0.282 e. The number of aryl methyl sites for hydroxylation is 1. The summed E-state index contributed by atoms with van der Waals surface area (Å²) in [6.07, 6.45) is 1.65. The quantitative estimate of drug-likeness (QED) is 0.328. The molecule has 0 fully saturated rings. The Hall–Kier alpha value is -3.03. The minimum Gasteiger partial charge on any atom is -0.744 e. The summed E-state index contributed by atoms with van der Waals surface area (Å²) in [5.41, 5.74) is 2.05. The van der Waals surface area contributed by atoms with E-state index in [1.807, 2.05) is 25.1 Å². The fraction of sp³-hybridized carbons (Fsp3) is 0.0526. The molecule has 26 heavy (non-hydrogen) atoms. The first-order chi connectivity index (χ1) is 12.3. The monoisotopic (exact) mass is 370 g/mol. The van der Waals surface area contributed by atoms with Crippen molar-refractivity contribution in [3.63, 3.8) is 0 Å². The van der Waals surface area contributed by atoms with Gasteiger partial charge in [0, 0.05) is 17.7 Å². The van der Waals surface area contributed by atoms with Crippen molar-refractivity contribution < 1.29 is 22.4 Å². The van der Waals surface area contributed by atoms with Gasteiger partial charge in [0.05, 0.1) is 4.90 Å². The molecule has 1 heterocycles. The number of carbonyl (C=O) groups is 1. The predicted molar refractivity (Wildman–Crippen MR) is 95.8 cm³/mol. The van der Waals surface area contributed by atoms with Gasteiger partial charge in [-0.25, -0.2) is 14.3 Å². The Morgan fingerprint density at radius 1 is 0.923 bits per heavy atom. The van der Waals surface area contributed by atoms with Crippen molar-refractivity contribution in [2.75, 3.05) is 5.84 Å². The van der Waals surface area contributed by atoms with Gasteiger partial charge < -0.3 is 4.55 Å². The van der Waals surface area contributed by atoms with Gasteiger partial charge in [-0.1, -0.05) is 52.7 Å². The highest BCUT2D eigenvalue weighted by Gasteiger charge is 2.18. The highest BCUT2D eigenvalue weighted by molar-refractivity contribution is 7.85. The van der Waals surface area contributed by atoms with Crippen LogP contribution in [0.3, 0.4) is 0 Å². The van der Waals surface area contributed by atoms with Gasteiger partial charge in [-0.2, -0.15) is 0 Å². The van der Waals surface area contributed by atoms with Crippen molar-refractivity contribution in [3.05, 3.63) is 95.8 Å². The lowest BCUT2D eigenvalue weighted by Gasteiger charge is -2.05. The molecule has 7 heteroatoms. The molecule has 2 aromatic carbocycles. The number of hydrogen-bond acceptors (Lipinski definition) is 5. The van der Waals surface area contributed by atoms with Gasteiger partial charge in [-0.05, 0) is 25.1 Å². The third kappa shape index (κ3) is 5.23. The number of aromatic nitrogens is 1. The van der Waals surface area contributed by atoms with E-state index >= 15 is 0 Å². The molecule has 2 N–H and O–H groups in total. The number of carbonyl (C=O) groups excluding carboxylic acids is 1. The van der Waals surface area contributed by atoms with Gasteiger partial charge >= 0.3 is 0 Å². The van der Waals surface area contributed by atoms with Crippen LogP contribution in [-0.4, -0.2) is 18.8 Å². The molecular formula is C19H18N2O4S. The number of rotatable bonds is 3. The normalized spacial score (nSPS) is 10.5. The Labute approximate surface area is 152 Å². The Morgan fingerprint density at radius 2 is 1.50 bits per heavy atom. The highest BCUT2D eigenvalue weighted by atomic mass is 32.2. The van der Waals surface area contributed by atoms with Crippen LogP contribution in [0.5, 0.6) is 0 Å². The summed E-state index contributed by atoms with van der Waals surface area (Å²) in [6, 6.07) is 20.1. The molecule has 0 unspecified atom stereocenters. The maximum Gasteiger partial charge on any atom is 0.282 e. The number of ketones is 1. The zero-order chi connectivity index (χ0) is 19.2. The van der Waals surface area contributed by atoms with E-state index in [2.05, 4.69) is 0 Å². The Bertz CT molecular complexity index is 986. The van der Waals surface area contributed by atoms with E-state index in [1.54, 1.807) is 48.7 Å². The molecule has 0 amide bonds. The first kappa shape index (κ1) is 19.3. The van der Waals surface area contributed by atoms with Crippen molar-refractivity contribution >= 4 is 15.9 Å². The Kier molecular flexibility index (Phi) is 6.21. The molecule has 0 radical (unpaired) electrons. The van der Waals surface area contributed by atoms with Crippen LogP contribution in [0, 0.1) is 6.92 Å². The summed E-state index contributed by atoms with van der Waals surface area (Å²) in [5, 5.41) is 0. The van der Waals surface area contributed by atoms with E-state index in [0.29, 0.717) is 11.3 Å². The van der Waals surface area contributed by atoms with Crippen LogP contribution in [-0.2, 0) is 10.1 Å². The van der Waals surface area contributed by atoms with Crippen LogP contribution >= 0.6 is 0 Å². The van der Waals surface area contributed by atoms with E-state index < -0.39 is 10.1 Å². The lowest BCUT2D eigenvalue weighted by atomic mass is 10.1. The third-order valence-electron chi connectivity index (χ3n) is 3.47. The molecule has 0 bridgehead atoms. The predicted octanol–water partition coefficient (Wildman–Crippen LogP) is 1.82. The third-order valence-corrected chi connectivity index (χ3v) is 4.32. The molecule has 0 aliphatic heterocycles. The molecule has 0 aliphatic carbocycles. The molecule has 0 atom stereocenters. The number of hydrogen-bond donors (Lipinski definition) is 1. The Morgan fingerprint density at radius 3 is 2.04 bits per heavy atom. The van der Waals surface area contributed by atoms with Gasteiger partial charge in [-0.3, -0.25) is 4.79 Å². The van der Waals surface area contributed by atoms with Crippen LogP contribution in [0.15, 0.2) is 83.9 Å². The van der Waals surface area contributed by atoms with Crippen LogP contribution < -0.4 is 10.5 Å². The maximum absolute atomic E-state index is 12.0. The molecule has 0 saturated carbocycles. The summed E-state index contributed by atoms with van der Waals surface area (Å²) in [5.74, 6) is 5.58. The Balaban J connectivity index is 0.000000197. The fourth-order valence-corrected chi connectivity index (χ4v) is 2.56. The van der Waals surface area contributed by atoms with Crippen LogP contribution in [0.2, 0.25) is 0 Å². The number of benzene rings is 2. The fourth-order valence-electron chi connectivity index (χ4n) is 2.09. The summed E-state index contributed by atoms with van der Waals surface area (Å²) in [4.78, 5) is 11.8. The van der Waals surface area contributed by atoms with Gasteiger partial charge in [0.25, 0.3) is 11.5 Å². The van der Waals surface area contributed by atoms with E-state index in [0.717, 1.165) is 5.56 Å². The van der Waals surface area contributed by atoms with Crippen LogP contribution in [0.4, 0.5) is 0 Å². The van der Waals surface area contributed by atoms with E-state index in [4.69, 9.17) is 5.84 Å². The second-order valence-electron chi connectivity index (χ2n) is 5.46. The minimum atomic E-state index is -4.27. The van der Waals surface area contributed by atoms with Crippen molar-refractivity contribution in [2.24, 2.45) is 0 Å². The molecule has 3 rings (SSSR count). The summed E-state index contributed by atoms with van der Waals surface area (Å²) in [7, 11) is -4.27. The molecule has 1 aromatic heterocycles. The summed E-state index contributed by atoms with van der Waals surface area (Å²) in [6.45, 7) is 1.82. The van der Waals surface area contributed by atoms with E-state index in [-0.39, 0.29) is 10.7 Å². The lowest BCUT2D eigenvalue weighted by molar-refractivity contribution is -0.640. The molecule has 6 nitrogen and oxygen atoms in total. The summed E-state index contributed by atoms with van der Waals surface area (Å²) >= 11 is 0. The molecule has 0 spiro atoms. The zero-order valence-electron chi connectivity index (χ0n) is 14.1. The maximum atomic E-state index is 12.0. The number of nitrogens with two attached hydrogens (primary N) is 1. The number of nitrogens with zero attached hydrogens (tertiary/aromatic N) is 1. The average molecular weight is 370 g/mol. The van der Waals surface area contributed by atoms with Crippen LogP contribution in [0.25, 0.3) is 0 Å². The second-order valence-corrected chi connectivity index (χ2v) is 6.84. The van der Waals surface area contributed by atoms with E-state index in [1.165, 1.54) is 16.8 Å². The average Bonchev–Trinajstić information content (AvgIpc) is 2.62. The second kappa shape index (κ2) is 8.37. The van der Waals surface area contributed by atoms with Crippen LogP contribution in [0.1, 0.15) is 21.6 Å². The van der Waals surface area contributed by atoms with Crippen molar-refractivity contribution in [1.29, 1.82) is 0 Å². The van der Waals surface area contributed by atoms with Crippen molar-refractivity contribution in [2.45, 2.75) is 11.8 Å². The van der Waals surface area contributed by atoms with Gasteiger partial charge in [0.2, 0.25) is 0 Å². The van der Waals surface area contributed by atoms with Gasteiger partial charge in [0.15, 0.2) is 6.20 Å². The topological polar surface area (TPSA) is 104 Å². The lowest BCUT2D eigenvalue weighted by Crippen LogP contribution is -2.49. The van der Waals surface area contributed by atoms with Gasteiger partial charge in [-0.15, -0.1) is 0 Å². The SMILES string of the molecule is Cc1ccc(S(=O)(=O)[O-])cc1.N[n+]1ccccc1C(=O)c1ccccc1. The largest absolute Gasteiger partial charge is 0.744 e. The van der Waals surface area contributed by atoms with Gasteiger partial charge in [0.1, 0.15) is 10.1 Å². The number of nitrogen functional groups attached to an aromatic ring is 1. The number of pyridine rings is 1. The molecule has 0 saturated heterocycles. The molecule has 3 aromatic rings. The molecular weight excluding hydrogens is 352 g/mol. The van der Waals surface area contributed by atoms with Crippen molar-refractivity contribution in [1.82, 2.24) is 0 Å². The summed E-state index contributed by atoms with van der Waals surface area (Å²) < 4.78 is 32.5. The van der Waals surface area contributed by atoms with Crippen molar-refractivity contribution in [3.8, 4) is 0 Å². The van der Waals surface area contributed by atoms with E-state index in [9.17, 15) is 17.8 Å². The minimum absolute atomic E-state index is 0.0706.